The number of ether oxygens (including phenoxy) is 1. The van der Waals surface area contributed by atoms with Crippen LogP contribution < -0.4 is 15.4 Å². The Morgan fingerprint density at radius 2 is 1.90 bits per heavy atom. The third-order valence-corrected chi connectivity index (χ3v) is 3.23. The zero-order valence-electron chi connectivity index (χ0n) is 11.9. The Labute approximate surface area is 129 Å². The van der Waals surface area contributed by atoms with Crippen LogP contribution >= 0.6 is 12.2 Å². The number of hydrogen-bond donors (Lipinski definition) is 2. The molecule has 0 aliphatic carbocycles. The van der Waals surface area contributed by atoms with Crippen LogP contribution in [0, 0.1) is 12.7 Å². The summed E-state index contributed by atoms with van der Waals surface area (Å²) in [6.07, 6.45) is 0. The molecule has 0 bridgehead atoms. The third kappa shape index (κ3) is 4.43. The number of thiocarbonyl (C=S) groups is 1. The molecule has 5 heteroatoms. The van der Waals surface area contributed by atoms with E-state index in [9.17, 15) is 4.39 Å². The predicted molar refractivity (Wildman–Crippen MR) is 87.2 cm³/mol. The molecule has 2 N–H and O–H groups in total. The summed E-state index contributed by atoms with van der Waals surface area (Å²) in [5, 5.41) is 6.27. The molecule has 0 radical (unpaired) electrons. The van der Waals surface area contributed by atoms with E-state index in [2.05, 4.69) is 10.6 Å². The lowest BCUT2D eigenvalue weighted by atomic mass is 10.2. The van der Waals surface area contributed by atoms with Crippen LogP contribution in [0.4, 0.5) is 10.1 Å². The first-order valence-corrected chi connectivity index (χ1v) is 6.93. The minimum atomic E-state index is -0.316. The molecule has 0 saturated carbocycles. The van der Waals surface area contributed by atoms with Gasteiger partial charge in [0.1, 0.15) is 11.6 Å². The maximum absolute atomic E-state index is 13.7. The van der Waals surface area contributed by atoms with Crippen molar-refractivity contribution in [2.75, 3.05) is 12.4 Å². The molecule has 0 atom stereocenters. The Balaban J connectivity index is 1.89. The van der Waals surface area contributed by atoms with E-state index in [0.29, 0.717) is 17.3 Å². The van der Waals surface area contributed by atoms with Gasteiger partial charge in [0, 0.05) is 6.54 Å². The first kappa shape index (κ1) is 15.3. The van der Waals surface area contributed by atoms with E-state index in [1.807, 2.05) is 37.3 Å². The van der Waals surface area contributed by atoms with Crippen LogP contribution in [0.5, 0.6) is 5.75 Å². The van der Waals surface area contributed by atoms with E-state index in [-0.39, 0.29) is 5.82 Å². The monoisotopic (exact) mass is 304 g/mol. The number of anilines is 1. The fourth-order valence-corrected chi connectivity index (χ4v) is 2.00. The average molecular weight is 304 g/mol. The Bertz CT molecular complexity index is 629. The molecule has 0 saturated heterocycles. The van der Waals surface area contributed by atoms with Crippen molar-refractivity contribution in [2.45, 2.75) is 13.5 Å². The second kappa shape index (κ2) is 7.04. The molecule has 0 aromatic heterocycles. The van der Waals surface area contributed by atoms with Gasteiger partial charge in [0.2, 0.25) is 0 Å². The molecule has 0 heterocycles. The van der Waals surface area contributed by atoms with Gasteiger partial charge in [-0.3, -0.25) is 0 Å². The fraction of sp³-hybridized carbons (Fsp3) is 0.188. The van der Waals surface area contributed by atoms with Crippen LogP contribution in [0.15, 0.2) is 42.5 Å². The van der Waals surface area contributed by atoms with Gasteiger partial charge in [0.15, 0.2) is 5.11 Å². The minimum Gasteiger partial charge on any atom is -0.497 e. The van der Waals surface area contributed by atoms with Gasteiger partial charge in [-0.25, -0.2) is 4.39 Å². The number of benzene rings is 2. The SMILES string of the molecule is COc1ccc(CNC(=S)Nc2ccc(C)cc2F)cc1. The van der Waals surface area contributed by atoms with Crippen molar-refractivity contribution >= 4 is 23.0 Å². The van der Waals surface area contributed by atoms with Crippen molar-refractivity contribution < 1.29 is 9.13 Å². The topological polar surface area (TPSA) is 33.3 Å². The van der Waals surface area contributed by atoms with E-state index in [1.165, 1.54) is 6.07 Å². The lowest BCUT2D eigenvalue weighted by molar-refractivity contribution is 0.414. The number of aryl methyl sites for hydroxylation is 1. The largest absolute Gasteiger partial charge is 0.497 e. The standard InChI is InChI=1S/C16H17FN2OS/c1-11-3-8-15(14(17)9-11)19-16(21)18-10-12-4-6-13(20-2)7-5-12/h3-9H,10H2,1-2H3,(H2,18,19,21). The molecule has 0 unspecified atom stereocenters. The Kier molecular flexibility index (Phi) is 5.11. The molecule has 21 heavy (non-hydrogen) atoms. The summed E-state index contributed by atoms with van der Waals surface area (Å²) in [6, 6.07) is 12.6. The van der Waals surface area contributed by atoms with Crippen LogP contribution in [-0.4, -0.2) is 12.2 Å². The summed E-state index contributed by atoms with van der Waals surface area (Å²) in [5.74, 6) is 0.491. The summed E-state index contributed by atoms with van der Waals surface area (Å²) < 4.78 is 18.8. The average Bonchev–Trinajstić information content (AvgIpc) is 2.48. The van der Waals surface area contributed by atoms with Crippen molar-refractivity contribution in [1.82, 2.24) is 5.32 Å². The van der Waals surface area contributed by atoms with Crippen LogP contribution in [0.25, 0.3) is 0 Å². The lowest BCUT2D eigenvalue weighted by Crippen LogP contribution is -2.28. The number of hydrogen-bond acceptors (Lipinski definition) is 2. The van der Waals surface area contributed by atoms with Crippen LogP contribution in [0.1, 0.15) is 11.1 Å². The van der Waals surface area contributed by atoms with Crippen molar-refractivity contribution in [3.63, 3.8) is 0 Å². The van der Waals surface area contributed by atoms with E-state index >= 15 is 0 Å². The Hall–Kier alpha value is -2.14. The van der Waals surface area contributed by atoms with Gasteiger partial charge in [-0.15, -0.1) is 0 Å². The van der Waals surface area contributed by atoms with Gasteiger partial charge in [-0.2, -0.15) is 0 Å². The molecule has 0 fully saturated rings. The second-order valence-corrected chi connectivity index (χ2v) is 5.05. The predicted octanol–water partition coefficient (Wildman–Crippen LogP) is 3.63. The molecule has 0 aliphatic heterocycles. The normalized spacial score (nSPS) is 10.0. The first-order chi connectivity index (χ1) is 10.1. The highest BCUT2D eigenvalue weighted by Gasteiger charge is 2.04. The molecular formula is C16H17FN2OS. The van der Waals surface area contributed by atoms with E-state index < -0.39 is 0 Å². The molecule has 0 spiro atoms. The maximum Gasteiger partial charge on any atom is 0.171 e. The molecule has 0 aliphatic rings. The highest BCUT2D eigenvalue weighted by molar-refractivity contribution is 7.80. The van der Waals surface area contributed by atoms with Crippen LogP contribution in [0.2, 0.25) is 0 Å². The van der Waals surface area contributed by atoms with Crippen LogP contribution in [0.3, 0.4) is 0 Å². The minimum absolute atomic E-state index is 0.316. The number of halogens is 1. The first-order valence-electron chi connectivity index (χ1n) is 6.52. The van der Waals surface area contributed by atoms with Gasteiger partial charge >= 0.3 is 0 Å². The van der Waals surface area contributed by atoms with Gasteiger partial charge in [0.05, 0.1) is 12.8 Å². The van der Waals surface area contributed by atoms with Gasteiger partial charge in [-0.1, -0.05) is 18.2 Å². The molecule has 0 amide bonds. The summed E-state index contributed by atoms with van der Waals surface area (Å²) in [7, 11) is 1.63. The smallest absolute Gasteiger partial charge is 0.171 e. The third-order valence-electron chi connectivity index (χ3n) is 2.98. The van der Waals surface area contributed by atoms with Gasteiger partial charge < -0.3 is 15.4 Å². The number of rotatable bonds is 4. The molecule has 2 aromatic rings. The van der Waals surface area contributed by atoms with Crippen molar-refractivity contribution in [1.29, 1.82) is 0 Å². The zero-order valence-corrected chi connectivity index (χ0v) is 12.8. The highest BCUT2D eigenvalue weighted by Crippen LogP contribution is 2.15. The molecule has 3 nitrogen and oxygen atoms in total. The Morgan fingerprint density at radius 3 is 2.52 bits per heavy atom. The van der Waals surface area contributed by atoms with Gasteiger partial charge in [0.25, 0.3) is 0 Å². The van der Waals surface area contributed by atoms with Crippen LogP contribution in [-0.2, 0) is 6.54 Å². The van der Waals surface area contributed by atoms with Gasteiger partial charge in [-0.05, 0) is 54.5 Å². The molecule has 2 rings (SSSR count). The van der Waals surface area contributed by atoms with Crippen molar-refractivity contribution in [2.24, 2.45) is 0 Å². The maximum atomic E-state index is 13.7. The van der Waals surface area contributed by atoms with E-state index in [1.54, 1.807) is 13.2 Å². The molecule has 110 valence electrons. The number of methoxy groups -OCH3 is 1. The van der Waals surface area contributed by atoms with Crippen molar-refractivity contribution in [3.05, 3.63) is 59.4 Å². The zero-order chi connectivity index (χ0) is 15.2. The summed E-state index contributed by atoms with van der Waals surface area (Å²) in [5.41, 5.74) is 2.30. The summed E-state index contributed by atoms with van der Waals surface area (Å²) in [6.45, 7) is 2.40. The summed E-state index contributed by atoms with van der Waals surface area (Å²) in [4.78, 5) is 0. The second-order valence-electron chi connectivity index (χ2n) is 4.64. The molecular weight excluding hydrogens is 287 g/mol. The van der Waals surface area contributed by atoms with Crippen molar-refractivity contribution in [3.8, 4) is 5.75 Å². The van der Waals surface area contributed by atoms with E-state index in [4.69, 9.17) is 17.0 Å². The highest BCUT2D eigenvalue weighted by atomic mass is 32.1. The summed E-state index contributed by atoms with van der Waals surface area (Å²) >= 11 is 5.16. The quantitative estimate of drug-likeness (QED) is 0.845. The molecule has 2 aromatic carbocycles. The lowest BCUT2D eigenvalue weighted by Gasteiger charge is -2.12. The fourth-order valence-electron chi connectivity index (χ4n) is 1.81. The number of nitrogens with one attached hydrogen (secondary N) is 2. The Morgan fingerprint density at radius 1 is 1.19 bits per heavy atom. The van der Waals surface area contributed by atoms with E-state index in [0.717, 1.165) is 16.9 Å².